The molecule has 1 saturated carbocycles. The fourth-order valence-corrected chi connectivity index (χ4v) is 2.67. The Bertz CT molecular complexity index is 362. The Balaban J connectivity index is 2.07. The normalized spacial score (nSPS) is 21.3. The van der Waals surface area contributed by atoms with Crippen LogP contribution < -0.4 is 5.73 Å². The van der Waals surface area contributed by atoms with Gasteiger partial charge in [-0.2, -0.15) is 0 Å². The summed E-state index contributed by atoms with van der Waals surface area (Å²) in [7, 11) is 0. The molecule has 1 aliphatic carbocycles. The molecule has 0 atom stereocenters. The van der Waals surface area contributed by atoms with E-state index in [0.29, 0.717) is 39.2 Å². The zero-order chi connectivity index (χ0) is 14.6. The number of carbonyl (C=O) groups is 2. The van der Waals surface area contributed by atoms with Gasteiger partial charge in [0, 0.05) is 25.8 Å². The van der Waals surface area contributed by atoms with Gasteiger partial charge in [-0.25, -0.2) is 0 Å². The predicted molar refractivity (Wildman–Crippen MR) is 72.9 cm³/mol. The van der Waals surface area contributed by atoms with Gasteiger partial charge >= 0.3 is 5.97 Å². The Hall–Kier alpha value is -1.14. The average molecular weight is 284 g/mol. The molecule has 2 rings (SSSR count). The van der Waals surface area contributed by atoms with Crippen molar-refractivity contribution in [3.8, 4) is 0 Å². The maximum atomic E-state index is 12.9. The standard InChI is InChI=1S/C14H24N2O4/c1-2-20-12(17)9-16(11-3-4-11)13(18)14(10-15)5-7-19-8-6-14/h11H,2-10,15H2,1H3. The van der Waals surface area contributed by atoms with E-state index >= 15 is 0 Å². The molecule has 0 radical (unpaired) electrons. The number of nitrogens with zero attached hydrogens (tertiary/aromatic N) is 1. The first-order valence-electron chi connectivity index (χ1n) is 7.37. The van der Waals surface area contributed by atoms with Crippen molar-refractivity contribution in [3.05, 3.63) is 0 Å². The van der Waals surface area contributed by atoms with E-state index in [1.54, 1.807) is 11.8 Å². The molecule has 1 heterocycles. The number of esters is 1. The second-order valence-corrected chi connectivity index (χ2v) is 5.57. The molecule has 0 unspecified atom stereocenters. The molecule has 2 N–H and O–H groups in total. The maximum absolute atomic E-state index is 12.9. The maximum Gasteiger partial charge on any atom is 0.325 e. The Morgan fingerprint density at radius 3 is 2.50 bits per heavy atom. The third-order valence-electron chi connectivity index (χ3n) is 4.15. The van der Waals surface area contributed by atoms with Crippen molar-refractivity contribution < 1.29 is 19.1 Å². The smallest absolute Gasteiger partial charge is 0.325 e. The molecule has 0 bridgehead atoms. The Kier molecular flexibility index (Phi) is 4.99. The molecule has 1 saturated heterocycles. The molecule has 1 amide bonds. The second-order valence-electron chi connectivity index (χ2n) is 5.57. The molecule has 2 aliphatic rings. The summed E-state index contributed by atoms with van der Waals surface area (Å²) in [6, 6.07) is 0.179. The second kappa shape index (κ2) is 6.54. The molecule has 114 valence electrons. The molecule has 6 heteroatoms. The number of ether oxygens (including phenoxy) is 2. The third kappa shape index (κ3) is 3.30. The molecule has 2 fully saturated rings. The summed E-state index contributed by atoms with van der Waals surface area (Å²) >= 11 is 0. The zero-order valence-corrected chi connectivity index (χ0v) is 12.1. The average Bonchev–Trinajstić information content (AvgIpc) is 3.29. The highest BCUT2D eigenvalue weighted by atomic mass is 16.5. The number of amides is 1. The number of hydrogen-bond donors (Lipinski definition) is 1. The molecule has 6 nitrogen and oxygen atoms in total. The van der Waals surface area contributed by atoms with Crippen LogP contribution >= 0.6 is 0 Å². The van der Waals surface area contributed by atoms with Gasteiger partial charge in [0.15, 0.2) is 0 Å². The minimum absolute atomic E-state index is 0.00106. The van der Waals surface area contributed by atoms with Crippen molar-refractivity contribution in [2.45, 2.75) is 38.6 Å². The van der Waals surface area contributed by atoms with Gasteiger partial charge in [0.05, 0.1) is 12.0 Å². The fraction of sp³-hybridized carbons (Fsp3) is 0.857. The van der Waals surface area contributed by atoms with E-state index in [0.717, 1.165) is 12.8 Å². The Labute approximate surface area is 119 Å². The Morgan fingerprint density at radius 2 is 2.00 bits per heavy atom. The number of rotatable bonds is 6. The third-order valence-corrected chi connectivity index (χ3v) is 4.15. The van der Waals surface area contributed by atoms with Crippen LogP contribution in [0.1, 0.15) is 32.6 Å². The van der Waals surface area contributed by atoms with Crippen molar-refractivity contribution in [1.82, 2.24) is 4.90 Å². The Morgan fingerprint density at radius 1 is 1.35 bits per heavy atom. The van der Waals surface area contributed by atoms with E-state index in [9.17, 15) is 9.59 Å². The molecule has 1 aliphatic heterocycles. The lowest BCUT2D eigenvalue weighted by molar-refractivity contribution is -0.156. The predicted octanol–water partition coefficient (Wildman–Crippen LogP) is 0.296. The summed E-state index contributed by atoms with van der Waals surface area (Å²) < 4.78 is 10.3. The first-order chi connectivity index (χ1) is 9.63. The van der Waals surface area contributed by atoms with E-state index in [-0.39, 0.29) is 24.5 Å². The SMILES string of the molecule is CCOC(=O)CN(C(=O)C1(CN)CCOCC1)C1CC1. The van der Waals surface area contributed by atoms with E-state index in [2.05, 4.69) is 0 Å². The summed E-state index contributed by atoms with van der Waals surface area (Å²) in [6.45, 7) is 3.56. The molecule has 0 aromatic heterocycles. The van der Waals surface area contributed by atoms with Gasteiger partial charge in [-0.15, -0.1) is 0 Å². The first-order valence-corrected chi connectivity index (χ1v) is 7.37. The lowest BCUT2D eigenvalue weighted by Crippen LogP contribution is -2.52. The van der Waals surface area contributed by atoms with Crippen LogP contribution in [0.15, 0.2) is 0 Å². The largest absolute Gasteiger partial charge is 0.465 e. The molecule has 0 aromatic carbocycles. The van der Waals surface area contributed by atoms with E-state index < -0.39 is 5.41 Å². The lowest BCUT2D eigenvalue weighted by atomic mass is 9.78. The van der Waals surface area contributed by atoms with Crippen molar-refractivity contribution in [3.63, 3.8) is 0 Å². The van der Waals surface area contributed by atoms with Crippen LogP contribution in [0.5, 0.6) is 0 Å². The minimum atomic E-state index is -0.562. The zero-order valence-electron chi connectivity index (χ0n) is 12.1. The molecular weight excluding hydrogens is 260 g/mol. The van der Waals surface area contributed by atoms with Gasteiger partial charge in [0.1, 0.15) is 6.54 Å². The first kappa shape index (κ1) is 15.3. The van der Waals surface area contributed by atoms with Gasteiger partial charge < -0.3 is 20.1 Å². The van der Waals surface area contributed by atoms with Gasteiger partial charge in [-0.3, -0.25) is 9.59 Å². The van der Waals surface area contributed by atoms with Crippen molar-refractivity contribution in [1.29, 1.82) is 0 Å². The topological polar surface area (TPSA) is 81.9 Å². The highest BCUT2D eigenvalue weighted by Gasteiger charge is 2.45. The number of nitrogens with two attached hydrogens (primary N) is 1. The molecule has 20 heavy (non-hydrogen) atoms. The minimum Gasteiger partial charge on any atom is -0.465 e. The molecule has 0 aromatic rings. The van der Waals surface area contributed by atoms with Gasteiger partial charge in [-0.05, 0) is 32.6 Å². The van der Waals surface area contributed by atoms with Gasteiger partial charge in [-0.1, -0.05) is 0 Å². The monoisotopic (exact) mass is 284 g/mol. The van der Waals surface area contributed by atoms with Crippen LogP contribution in [0.2, 0.25) is 0 Å². The number of carbonyl (C=O) groups excluding carboxylic acids is 2. The summed E-state index contributed by atoms with van der Waals surface area (Å²) in [6.07, 6.45) is 3.19. The van der Waals surface area contributed by atoms with Crippen LogP contribution in [-0.4, -0.2) is 55.7 Å². The van der Waals surface area contributed by atoms with Gasteiger partial charge in [0.2, 0.25) is 5.91 Å². The summed E-state index contributed by atoms with van der Waals surface area (Å²) in [4.78, 5) is 26.2. The quantitative estimate of drug-likeness (QED) is 0.709. The van der Waals surface area contributed by atoms with Crippen LogP contribution in [0.4, 0.5) is 0 Å². The van der Waals surface area contributed by atoms with Crippen LogP contribution in [0, 0.1) is 5.41 Å². The number of hydrogen-bond acceptors (Lipinski definition) is 5. The van der Waals surface area contributed by atoms with E-state index in [1.807, 2.05) is 0 Å². The van der Waals surface area contributed by atoms with Crippen molar-refractivity contribution in [2.75, 3.05) is 32.9 Å². The van der Waals surface area contributed by atoms with Crippen LogP contribution in [0.3, 0.4) is 0 Å². The lowest BCUT2D eigenvalue weighted by Gasteiger charge is -2.38. The molecular formula is C14H24N2O4. The van der Waals surface area contributed by atoms with Crippen molar-refractivity contribution >= 4 is 11.9 Å². The molecule has 0 spiro atoms. The van der Waals surface area contributed by atoms with Crippen LogP contribution in [0.25, 0.3) is 0 Å². The summed E-state index contributed by atoms with van der Waals surface area (Å²) in [5.74, 6) is -0.342. The van der Waals surface area contributed by atoms with E-state index in [1.165, 1.54) is 0 Å². The highest BCUT2D eigenvalue weighted by Crippen LogP contribution is 2.36. The summed E-state index contributed by atoms with van der Waals surface area (Å²) in [5, 5.41) is 0. The van der Waals surface area contributed by atoms with Gasteiger partial charge in [0.25, 0.3) is 0 Å². The van der Waals surface area contributed by atoms with Crippen LogP contribution in [-0.2, 0) is 19.1 Å². The summed E-state index contributed by atoms with van der Waals surface area (Å²) in [5.41, 5.74) is 5.31. The van der Waals surface area contributed by atoms with Crippen molar-refractivity contribution in [2.24, 2.45) is 11.1 Å². The highest BCUT2D eigenvalue weighted by molar-refractivity contribution is 5.87. The van der Waals surface area contributed by atoms with E-state index in [4.69, 9.17) is 15.2 Å². The fourth-order valence-electron chi connectivity index (χ4n) is 2.67.